The summed E-state index contributed by atoms with van der Waals surface area (Å²) in [7, 11) is 4.07. The summed E-state index contributed by atoms with van der Waals surface area (Å²) < 4.78 is 11.6. The molecule has 174 valence electrons. The molecular weight excluding hydrogens is 400 g/mol. The fourth-order valence-electron chi connectivity index (χ4n) is 5.13. The maximum absolute atomic E-state index is 6.08. The van der Waals surface area contributed by atoms with Gasteiger partial charge in [0.2, 0.25) is 11.8 Å². The van der Waals surface area contributed by atoms with E-state index in [1.54, 1.807) is 0 Å². The van der Waals surface area contributed by atoms with E-state index in [0.717, 1.165) is 56.4 Å². The molecule has 0 N–H and O–H groups in total. The van der Waals surface area contributed by atoms with Gasteiger partial charge in [-0.05, 0) is 61.3 Å². The Morgan fingerprint density at radius 2 is 1.81 bits per heavy atom. The summed E-state index contributed by atoms with van der Waals surface area (Å²) in [5, 5.41) is 8.71. The summed E-state index contributed by atoms with van der Waals surface area (Å²) in [5.74, 6) is 3.75. The Hall–Kier alpha value is -2.18. The lowest BCUT2D eigenvalue weighted by Crippen LogP contribution is -2.42. The first-order valence-corrected chi connectivity index (χ1v) is 12.0. The van der Waals surface area contributed by atoms with Crippen molar-refractivity contribution in [3.05, 3.63) is 41.8 Å². The molecule has 6 heteroatoms. The molecule has 1 aromatic heterocycles. The van der Waals surface area contributed by atoms with E-state index in [9.17, 15) is 0 Å². The molecule has 1 fully saturated rings. The first-order valence-electron chi connectivity index (χ1n) is 12.0. The van der Waals surface area contributed by atoms with Gasteiger partial charge >= 0.3 is 0 Å². The molecule has 3 atom stereocenters. The molecule has 0 saturated carbocycles. The van der Waals surface area contributed by atoms with Crippen molar-refractivity contribution in [1.29, 1.82) is 0 Å². The monoisotopic (exact) mass is 438 g/mol. The average molecular weight is 439 g/mol. The van der Waals surface area contributed by atoms with Crippen molar-refractivity contribution in [1.82, 2.24) is 15.1 Å². The van der Waals surface area contributed by atoms with Crippen LogP contribution >= 0.6 is 0 Å². The molecule has 1 aromatic carbocycles. The van der Waals surface area contributed by atoms with Crippen LogP contribution in [0.1, 0.15) is 33.1 Å². The molecule has 1 aliphatic carbocycles. The summed E-state index contributed by atoms with van der Waals surface area (Å²) in [6, 6.07) is 8.25. The summed E-state index contributed by atoms with van der Waals surface area (Å²) in [4.78, 5) is 4.65. The fourth-order valence-corrected chi connectivity index (χ4v) is 5.13. The molecule has 6 nitrogen and oxygen atoms in total. The van der Waals surface area contributed by atoms with Crippen LogP contribution in [-0.2, 0) is 11.2 Å². The maximum Gasteiger partial charge on any atom is 0.247 e. The highest BCUT2D eigenvalue weighted by Gasteiger charge is 2.33. The quantitative estimate of drug-likeness (QED) is 0.592. The highest BCUT2D eigenvalue weighted by atomic mass is 16.5. The number of hydrogen-bond donors (Lipinski definition) is 0. The third-order valence-electron chi connectivity index (χ3n) is 7.18. The van der Waals surface area contributed by atoms with Crippen LogP contribution in [0.4, 0.5) is 5.69 Å². The zero-order chi connectivity index (χ0) is 22.7. The van der Waals surface area contributed by atoms with Crippen LogP contribution in [-0.4, -0.2) is 62.0 Å². The Bertz CT molecular complexity index is 897. The molecule has 1 aliphatic heterocycles. The number of aromatic nitrogens is 2. The van der Waals surface area contributed by atoms with Gasteiger partial charge in [-0.15, -0.1) is 10.2 Å². The average Bonchev–Trinajstić information content (AvgIpc) is 3.24. The van der Waals surface area contributed by atoms with Gasteiger partial charge in [0.25, 0.3) is 0 Å². The van der Waals surface area contributed by atoms with Gasteiger partial charge in [-0.3, -0.25) is 4.90 Å². The first kappa shape index (κ1) is 23.0. The van der Waals surface area contributed by atoms with Gasteiger partial charge in [0, 0.05) is 51.4 Å². The van der Waals surface area contributed by atoms with Gasteiger partial charge in [0.15, 0.2) is 0 Å². The molecule has 1 saturated heterocycles. The van der Waals surface area contributed by atoms with Crippen LogP contribution in [0, 0.1) is 23.7 Å². The van der Waals surface area contributed by atoms with Crippen molar-refractivity contribution in [2.45, 2.75) is 33.6 Å². The second-order valence-electron chi connectivity index (χ2n) is 9.97. The largest absolute Gasteiger partial charge is 0.421 e. The lowest BCUT2D eigenvalue weighted by molar-refractivity contribution is 0.0256. The molecule has 0 spiro atoms. The molecule has 2 heterocycles. The highest BCUT2D eigenvalue weighted by molar-refractivity contribution is 5.58. The van der Waals surface area contributed by atoms with Crippen molar-refractivity contribution in [2.75, 3.05) is 51.8 Å². The zero-order valence-electron chi connectivity index (χ0n) is 20.3. The normalized spacial score (nSPS) is 24.6. The van der Waals surface area contributed by atoms with Crippen molar-refractivity contribution >= 4 is 5.69 Å². The summed E-state index contributed by atoms with van der Waals surface area (Å²) in [5.41, 5.74) is 3.59. The minimum atomic E-state index is 0.466. The van der Waals surface area contributed by atoms with E-state index >= 15 is 0 Å². The van der Waals surface area contributed by atoms with Crippen LogP contribution in [0.3, 0.4) is 0 Å². The predicted octanol–water partition coefficient (Wildman–Crippen LogP) is 4.53. The Morgan fingerprint density at radius 3 is 2.47 bits per heavy atom. The van der Waals surface area contributed by atoms with Crippen molar-refractivity contribution < 1.29 is 9.15 Å². The molecule has 2 aromatic rings. The van der Waals surface area contributed by atoms with Gasteiger partial charge in [0.05, 0.1) is 13.2 Å². The van der Waals surface area contributed by atoms with E-state index in [4.69, 9.17) is 9.15 Å². The van der Waals surface area contributed by atoms with E-state index in [2.05, 4.69) is 59.0 Å². The third-order valence-corrected chi connectivity index (χ3v) is 7.18. The van der Waals surface area contributed by atoms with Gasteiger partial charge in [-0.2, -0.15) is 0 Å². The van der Waals surface area contributed by atoms with Gasteiger partial charge < -0.3 is 14.1 Å². The van der Waals surface area contributed by atoms with Crippen LogP contribution in [0.25, 0.3) is 11.5 Å². The van der Waals surface area contributed by atoms with E-state index in [1.165, 1.54) is 12.0 Å². The Morgan fingerprint density at radius 1 is 1.09 bits per heavy atom. The summed E-state index contributed by atoms with van der Waals surface area (Å²) in [6.07, 6.45) is 4.54. The molecule has 0 bridgehead atoms. The van der Waals surface area contributed by atoms with Crippen LogP contribution in [0.15, 0.2) is 40.3 Å². The van der Waals surface area contributed by atoms with Gasteiger partial charge in [-0.25, -0.2) is 0 Å². The SMILES string of the molecule is CC1=C[C@@H](CN2CCOCC2)[C@H](C(C)C)C[C@H]1Cc1nnc(-c2ccc(N(C)C)cc2)o1. The number of rotatable bonds is 7. The standard InChI is InChI=1S/C26H38N4O2/c1-18(2)24-15-21(19(3)14-22(24)17-30-10-12-31-13-11-30)16-25-27-28-26(32-25)20-6-8-23(9-7-20)29(4)5/h6-9,14,18,21-22,24H,10-13,15-17H2,1-5H3/t21-,22-,24-/m0/s1. The van der Waals surface area contributed by atoms with E-state index < -0.39 is 0 Å². The number of morpholine rings is 1. The first-order chi connectivity index (χ1) is 15.4. The second-order valence-corrected chi connectivity index (χ2v) is 9.97. The molecule has 0 amide bonds. The van der Waals surface area contributed by atoms with Crippen LogP contribution in [0.2, 0.25) is 0 Å². The van der Waals surface area contributed by atoms with E-state index in [1.807, 2.05) is 26.2 Å². The topological polar surface area (TPSA) is 54.6 Å². The fraction of sp³-hybridized carbons (Fsp3) is 0.615. The number of ether oxygens (including phenoxy) is 1. The lowest BCUT2D eigenvalue weighted by atomic mass is 9.69. The smallest absolute Gasteiger partial charge is 0.247 e. The van der Waals surface area contributed by atoms with Gasteiger partial charge in [-0.1, -0.05) is 25.5 Å². The zero-order valence-corrected chi connectivity index (χ0v) is 20.3. The molecule has 32 heavy (non-hydrogen) atoms. The number of allylic oxidation sites excluding steroid dienone is 1. The Balaban J connectivity index is 1.44. The second kappa shape index (κ2) is 10.2. The lowest BCUT2D eigenvalue weighted by Gasteiger charge is -2.40. The van der Waals surface area contributed by atoms with Crippen molar-refractivity contribution in [2.24, 2.45) is 23.7 Å². The Labute approximate surface area is 192 Å². The van der Waals surface area contributed by atoms with Gasteiger partial charge in [0.1, 0.15) is 0 Å². The summed E-state index contributed by atoms with van der Waals surface area (Å²) >= 11 is 0. The predicted molar refractivity (Wildman–Crippen MR) is 129 cm³/mol. The highest BCUT2D eigenvalue weighted by Crippen LogP contribution is 2.39. The molecule has 0 radical (unpaired) electrons. The number of hydrogen-bond acceptors (Lipinski definition) is 6. The molecule has 2 aliphatic rings. The van der Waals surface area contributed by atoms with Crippen LogP contribution in [0.5, 0.6) is 0 Å². The molecular formula is C26H38N4O2. The van der Waals surface area contributed by atoms with Crippen molar-refractivity contribution in [3.8, 4) is 11.5 Å². The molecule has 4 rings (SSSR count). The number of anilines is 1. The Kier molecular flexibility index (Phi) is 7.31. The minimum Gasteiger partial charge on any atom is -0.421 e. The minimum absolute atomic E-state index is 0.466. The summed E-state index contributed by atoms with van der Waals surface area (Å²) in [6.45, 7) is 12.0. The number of nitrogens with zero attached hydrogens (tertiary/aromatic N) is 4. The molecule has 0 unspecified atom stereocenters. The van der Waals surface area contributed by atoms with Crippen LogP contribution < -0.4 is 4.90 Å². The number of benzene rings is 1. The van der Waals surface area contributed by atoms with E-state index in [0.29, 0.717) is 29.6 Å². The van der Waals surface area contributed by atoms with E-state index in [-0.39, 0.29) is 0 Å². The maximum atomic E-state index is 6.08. The van der Waals surface area contributed by atoms with Crippen molar-refractivity contribution in [3.63, 3.8) is 0 Å². The third kappa shape index (κ3) is 5.41.